The fraction of sp³-hybridized carbons (Fsp3) is 0.562. The molecule has 2 aromatic rings. The van der Waals surface area contributed by atoms with Crippen LogP contribution in [0.15, 0.2) is 12.5 Å². The molecule has 1 aliphatic carbocycles. The van der Waals surface area contributed by atoms with Crippen LogP contribution >= 0.6 is 0 Å². The van der Waals surface area contributed by atoms with Gasteiger partial charge in [0, 0.05) is 32.1 Å². The summed E-state index contributed by atoms with van der Waals surface area (Å²) in [6.45, 7) is 6.67. The summed E-state index contributed by atoms with van der Waals surface area (Å²) in [6, 6.07) is 0.313. The molecule has 2 N–H and O–H groups in total. The number of anilines is 1. The Bertz CT molecular complexity index is 733. The van der Waals surface area contributed by atoms with Gasteiger partial charge in [-0.3, -0.25) is 0 Å². The Hall–Kier alpha value is -2.31. The van der Waals surface area contributed by atoms with Crippen molar-refractivity contribution in [3.63, 3.8) is 0 Å². The SMILES string of the molecule is CC.CNc1ncnc2c1c(C)cn2C1CC2(CNC(=O)O2)C1. The maximum Gasteiger partial charge on any atom is 0.407 e. The van der Waals surface area contributed by atoms with E-state index in [1.165, 1.54) is 0 Å². The number of hydrogen-bond acceptors (Lipinski definition) is 5. The fourth-order valence-corrected chi connectivity index (χ4v) is 3.46. The van der Waals surface area contributed by atoms with Crippen molar-refractivity contribution in [1.29, 1.82) is 0 Å². The van der Waals surface area contributed by atoms with Crippen molar-refractivity contribution in [3.8, 4) is 0 Å². The van der Waals surface area contributed by atoms with Crippen LogP contribution in [0.4, 0.5) is 10.6 Å². The molecule has 1 spiro atoms. The van der Waals surface area contributed by atoms with Crippen molar-refractivity contribution in [3.05, 3.63) is 18.1 Å². The van der Waals surface area contributed by atoms with Gasteiger partial charge in [-0.05, 0) is 12.5 Å². The number of carbonyl (C=O) groups is 1. The number of aryl methyl sites for hydroxylation is 1. The van der Waals surface area contributed by atoms with Crippen molar-refractivity contribution in [1.82, 2.24) is 19.9 Å². The van der Waals surface area contributed by atoms with E-state index < -0.39 is 0 Å². The van der Waals surface area contributed by atoms with Gasteiger partial charge in [-0.25, -0.2) is 14.8 Å². The van der Waals surface area contributed by atoms with Crippen molar-refractivity contribution in [2.45, 2.75) is 45.3 Å². The molecular formula is C16H23N5O2. The van der Waals surface area contributed by atoms with E-state index in [0.717, 1.165) is 35.3 Å². The molecule has 1 amide bonds. The van der Waals surface area contributed by atoms with E-state index in [9.17, 15) is 4.79 Å². The Balaban J connectivity index is 0.000000753. The highest BCUT2D eigenvalue weighted by molar-refractivity contribution is 5.90. The molecule has 1 saturated heterocycles. The maximum atomic E-state index is 11.2. The normalized spacial score (nSPS) is 25.4. The van der Waals surface area contributed by atoms with E-state index in [0.29, 0.717) is 12.6 Å². The molecule has 23 heavy (non-hydrogen) atoms. The first-order valence-corrected chi connectivity index (χ1v) is 8.09. The van der Waals surface area contributed by atoms with E-state index >= 15 is 0 Å². The Morgan fingerprint density at radius 2 is 2.13 bits per heavy atom. The smallest absolute Gasteiger partial charge is 0.407 e. The van der Waals surface area contributed by atoms with E-state index in [2.05, 4.69) is 38.3 Å². The summed E-state index contributed by atoms with van der Waals surface area (Å²) in [5, 5.41) is 6.91. The van der Waals surface area contributed by atoms with Crippen LogP contribution in [-0.2, 0) is 4.74 Å². The lowest BCUT2D eigenvalue weighted by Gasteiger charge is -2.43. The number of aromatic nitrogens is 3. The Morgan fingerprint density at radius 1 is 1.39 bits per heavy atom. The molecular weight excluding hydrogens is 294 g/mol. The predicted molar refractivity (Wildman–Crippen MR) is 88.6 cm³/mol. The highest BCUT2D eigenvalue weighted by Crippen LogP contribution is 2.47. The average Bonchev–Trinajstić information content (AvgIpc) is 3.09. The van der Waals surface area contributed by atoms with Gasteiger partial charge < -0.3 is 19.9 Å². The monoisotopic (exact) mass is 317 g/mol. The largest absolute Gasteiger partial charge is 0.441 e. The molecule has 0 atom stereocenters. The van der Waals surface area contributed by atoms with Crippen LogP contribution in [0.25, 0.3) is 11.0 Å². The van der Waals surface area contributed by atoms with Gasteiger partial charge in [0.15, 0.2) is 0 Å². The van der Waals surface area contributed by atoms with E-state index in [-0.39, 0.29) is 11.7 Å². The van der Waals surface area contributed by atoms with Crippen LogP contribution in [0.5, 0.6) is 0 Å². The van der Waals surface area contributed by atoms with Crippen molar-refractivity contribution in [2.75, 3.05) is 18.9 Å². The van der Waals surface area contributed by atoms with Crippen LogP contribution in [0.3, 0.4) is 0 Å². The Morgan fingerprint density at radius 3 is 2.74 bits per heavy atom. The quantitative estimate of drug-likeness (QED) is 0.890. The second-order valence-corrected chi connectivity index (χ2v) is 5.88. The zero-order valence-electron chi connectivity index (χ0n) is 14.0. The summed E-state index contributed by atoms with van der Waals surface area (Å²) in [7, 11) is 1.86. The number of nitrogens with zero attached hydrogens (tertiary/aromatic N) is 3. The lowest BCUT2D eigenvalue weighted by atomic mass is 9.75. The van der Waals surface area contributed by atoms with Crippen LogP contribution < -0.4 is 10.6 Å². The third-order valence-electron chi connectivity index (χ3n) is 4.51. The number of amides is 1. The van der Waals surface area contributed by atoms with Crippen LogP contribution in [-0.4, -0.2) is 39.8 Å². The van der Waals surface area contributed by atoms with Gasteiger partial charge in [-0.1, -0.05) is 13.8 Å². The number of carbonyl (C=O) groups excluding carboxylic acids is 1. The summed E-state index contributed by atoms with van der Waals surface area (Å²) < 4.78 is 7.58. The van der Waals surface area contributed by atoms with Gasteiger partial charge >= 0.3 is 6.09 Å². The zero-order valence-corrected chi connectivity index (χ0v) is 14.0. The minimum atomic E-state index is -0.314. The molecule has 0 radical (unpaired) electrons. The number of rotatable bonds is 2. The topological polar surface area (TPSA) is 81.1 Å². The van der Waals surface area contributed by atoms with E-state index in [1.807, 2.05) is 20.9 Å². The third-order valence-corrected chi connectivity index (χ3v) is 4.51. The molecule has 1 aliphatic heterocycles. The summed E-state index contributed by atoms with van der Waals surface area (Å²) in [5.41, 5.74) is 1.77. The van der Waals surface area contributed by atoms with Crippen molar-refractivity contribution in [2.24, 2.45) is 0 Å². The highest BCUT2D eigenvalue weighted by atomic mass is 16.6. The van der Waals surface area contributed by atoms with Gasteiger partial charge in [-0.15, -0.1) is 0 Å². The molecule has 124 valence electrons. The molecule has 0 unspecified atom stereocenters. The molecule has 4 rings (SSSR count). The van der Waals surface area contributed by atoms with E-state index in [1.54, 1.807) is 6.33 Å². The summed E-state index contributed by atoms with van der Waals surface area (Å²) in [5.74, 6) is 0.847. The fourth-order valence-electron chi connectivity index (χ4n) is 3.46. The second kappa shape index (κ2) is 5.72. The number of nitrogens with one attached hydrogen (secondary N) is 2. The van der Waals surface area contributed by atoms with Crippen LogP contribution in [0, 0.1) is 6.92 Å². The standard InChI is InChI=1S/C14H17N5O2.C2H6/c1-8-5-19(12-10(8)11(15-2)17-7-18-12)9-3-14(4-9)6-16-13(20)21-14;1-2/h5,7,9H,3-4,6H2,1-2H3,(H,16,20)(H,15,17,18);1-2H3. The first-order chi connectivity index (χ1) is 11.1. The molecule has 2 fully saturated rings. The molecule has 0 aromatic carbocycles. The molecule has 1 saturated carbocycles. The van der Waals surface area contributed by atoms with Gasteiger partial charge in [0.2, 0.25) is 0 Å². The Labute approximate surface area is 135 Å². The van der Waals surface area contributed by atoms with Crippen molar-refractivity contribution < 1.29 is 9.53 Å². The lowest BCUT2D eigenvalue weighted by Crippen LogP contribution is -2.47. The molecule has 7 heteroatoms. The summed E-state index contributed by atoms with van der Waals surface area (Å²) >= 11 is 0. The first kappa shape index (κ1) is 15.6. The summed E-state index contributed by atoms with van der Waals surface area (Å²) in [4.78, 5) is 19.9. The van der Waals surface area contributed by atoms with Gasteiger partial charge in [-0.2, -0.15) is 0 Å². The third kappa shape index (κ3) is 2.40. The first-order valence-electron chi connectivity index (χ1n) is 8.09. The Kier molecular flexibility index (Phi) is 3.87. The zero-order chi connectivity index (χ0) is 16.6. The van der Waals surface area contributed by atoms with Crippen LogP contribution in [0.1, 0.15) is 38.3 Å². The molecule has 2 aliphatic rings. The van der Waals surface area contributed by atoms with Crippen LogP contribution in [0.2, 0.25) is 0 Å². The van der Waals surface area contributed by atoms with Gasteiger partial charge in [0.05, 0.1) is 11.9 Å². The number of alkyl carbamates (subject to hydrolysis) is 1. The minimum absolute atomic E-state index is 0.304. The second-order valence-electron chi connectivity index (χ2n) is 5.88. The van der Waals surface area contributed by atoms with E-state index in [4.69, 9.17) is 4.74 Å². The average molecular weight is 317 g/mol. The number of hydrogen-bond donors (Lipinski definition) is 2. The molecule has 0 bridgehead atoms. The maximum absolute atomic E-state index is 11.2. The number of ether oxygens (including phenoxy) is 1. The van der Waals surface area contributed by atoms with Gasteiger partial charge in [0.25, 0.3) is 0 Å². The van der Waals surface area contributed by atoms with Crippen molar-refractivity contribution >= 4 is 22.9 Å². The number of fused-ring (bicyclic) bond motifs is 1. The minimum Gasteiger partial charge on any atom is -0.441 e. The highest BCUT2D eigenvalue weighted by Gasteiger charge is 2.52. The molecule has 3 heterocycles. The lowest BCUT2D eigenvalue weighted by molar-refractivity contribution is -0.0395. The summed E-state index contributed by atoms with van der Waals surface area (Å²) in [6.07, 6.45) is 5.04. The molecule has 2 aromatic heterocycles. The molecule has 7 nitrogen and oxygen atoms in total. The predicted octanol–water partition coefficient (Wildman–Crippen LogP) is 2.62. The van der Waals surface area contributed by atoms with Gasteiger partial charge in [0.1, 0.15) is 23.4 Å².